The van der Waals surface area contributed by atoms with E-state index in [4.69, 9.17) is 1.37 Å². The minimum absolute atomic E-state index is 0.243. The van der Waals surface area contributed by atoms with Gasteiger partial charge >= 0.3 is 0 Å². The van der Waals surface area contributed by atoms with Gasteiger partial charge in [-0.1, -0.05) is 81.8 Å². The van der Waals surface area contributed by atoms with Gasteiger partial charge in [-0.15, -0.1) is 11.3 Å². The zero-order valence-corrected chi connectivity index (χ0v) is 14.3. The number of unbranched alkanes of at least 4 members (excludes halogenated alkanes) is 3. The molecule has 0 N–H and O–H groups in total. The van der Waals surface area contributed by atoms with Crippen LogP contribution >= 0.6 is 11.3 Å². The topological polar surface area (TPSA) is 0 Å². The molecule has 1 aromatic heterocycles. The van der Waals surface area contributed by atoms with Crippen LogP contribution in [0.1, 0.15) is 46.8 Å². The van der Waals surface area contributed by atoms with E-state index >= 15 is 0 Å². The number of fused-ring (bicyclic) bond motifs is 1. The van der Waals surface area contributed by atoms with E-state index in [2.05, 4.69) is 37.3 Å². The maximum absolute atomic E-state index is 8.70. The first-order valence-corrected chi connectivity index (χ1v) is 11.5. The van der Waals surface area contributed by atoms with Crippen LogP contribution in [0.4, 0.5) is 0 Å². The molecule has 1 fully saturated rings. The van der Waals surface area contributed by atoms with Crippen LogP contribution in [0.2, 0.25) is 18.1 Å². The Morgan fingerprint density at radius 2 is 2.10 bits per heavy atom. The maximum Gasteiger partial charge on any atom is 0.0995 e. The summed E-state index contributed by atoms with van der Waals surface area (Å²) in [6.07, 6.45) is 7.82. The van der Waals surface area contributed by atoms with Crippen LogP contribution in [-0.4, -0.2) is 8.07 Å². The largest absolute Gasteiger partial charge is 0.145 e. The van der Waals surface area contributed by atoms with Crippen molar-refractivity contribution in [3.05, 3.63) is 30.3 Å². The predicted molar refractivity (Wildman–Crippen MR) is 95.0 cm³/mol. The summed E-state index contributed by atoms with van der Waals surface area (Å²) < 4.78 is 11.7. The summed E-state index contributed by atoms with van der Waals surface area (Å²) >= 11 is 2.00. The van der Waals surface area contributed by atoms with Gasteiger partial charge in [0.05, 0.1) is 8.07 Å². The average Bonchev–Trinajstić information content (AvgIpc) is 3.08. The van der Waals surface area contributed by atoms with E-state index < -0.39 is 8.07 Å². The highest BCUT2D eigenvalue weighted by Gasteiger charge is 2.38. The summed E-state index contributed by atoms with van der Waals surface area (Å²) in [5.74, 6) is 0. The second-order valence-corrected chi connectivity index (χ2v) is 11.9. The molecule has 1 aliphatic heterocycles. The van der Waals surface area contributed by atoms with Gasteiger partial charge in [-0.25, -0.2) is 0 Å². The molecule has 0 nitrogen and oxygen atoms in total. The second-order valence-electron chi connectivity index (χ2n) is 6.21. The summed E-state index contributed by atoms with van der Waals surface area (Å²) in [4.78, 5) is 0. The summed E-state index contributed by atoms with van der Waals surface area (Å²) in [5, 5.41) is 1.40. The molecule has 2 heteroatoms. The lowest BCUT2D eigenvalue weighted by atomic mass is 10.2. The lowest BCUT2D eigenvalue weighted by Gasteiger charge is -2.25. The van der Waals surface area contributed by atoms with E-state index in [0.29, 0.717) is 0 Å². The highest BCUT2D eigenvalue weighted by Crippen LogP contribution is 2.37. The highest BCUT2D eigenvalue weighted by molar-refractivity contribution is 7.31. The molecule has 0 unspecified atom stereocenters. The number of hydrogen-bond acceptors (Lipinski definition) is 1. The summed E-state index contributed by atoms with van der Waals surface area (Å²) in [6, 6.07) is 14.2. The van der Waals surface area contributed by atoms with Gasteiger partial charge in [0.15, 0.2) is 0 Å². The molecule has 0 aliphatic carbocycles. The number of benzene rings is 1. The molecule has 0 spiro atoms. The second kappa shape index (κ2) is 6.44. The van der Waals surface area contributed by atoms with E-state index in [1.165, 1.54) is 54.3 Å². The Hall–Kier alpha value is -0.603. The Bertz CT molecular complexity index is 561. The SMILES string of the molecule is [2H][C@H]1CCC[Si@]1(CCCCCC)c1cc2ccccc2s1. The Morgan fingerprint density at radius 1 is 1.20 bits per heavy atom. The molecule has 0 saturated carbocycles. The lowest BCUT2D eigenvalue weighted by Crippen LogP contribution is -2.42. The minimum Gasteiger partial charge on any atom is -0.145 e. The maximum atomic E-state index is 8.70. The lowest BCUT2D eigenvalue weighted by molar-refractivity contribution is 0.696. The van der Waals surface area contributed by atoms with Crippen molar-refractivity contribution >= 4 is 34.0 Å². The van der Waals surface area contributed by atoms with Crippen molar-refractivity contribution < 1.29 is 1.37 Å². The fourth-order valence-electron chi connectivity index (χ4n) is 3.57. The number of hydrogen-bond donors (Lipinski definition) is 0. The Balaban J connectivity index is 1.87. The van der Waals surface area contributed by atoms with E-state index in [1.807, 2.05) is 11.3 Å². The van der Waals surface area contributed by atoms with Gasteiger partial charge in [0.1, 0.15) is 0 Å². The van der Waals surface area contributed by atoms with E-state index in [-0.39, 0.29) is 6.02 Å². The van der Waals surface area contributed by atoms with Crippen LogP contribution in [0, 0.1) is 0 Å². The quantitative estimate of drug-likeness (QED) is 0.458. The first kappa shape index (κ1) is 13.1. The molecule has 1 aromatic carbocycles. The zero-order chi connectivity index (χ0) is 14.7. The van der Waals surface area contributed by atoms with Crippen LogP contribution in [0.25, 0.3) is 10.1 Å². The third kappa shape index (κ3) is 2.87. The van der Waals surface area contributed by atoms with Crippen LogP contribution in [-0.2, 0) is 0 Å². The molecule has 0 amide bonds. The van der Waals surface area contributed by atoms with Gasteiger partial charge in [-0.05, 0) is 22.0 Å². The fourth-order valence-corrected chi connectivity index (χ4v) is 10.7. The fraction of sp³-hybridized carbons (Fsp3) is 0.556. The molecule has 2 heterocycles. The van der Waals surface area contributed by atoms with Gasteiger partial charge in [-0.3, -0.25) is 0 Å². The molecule has 2 atom stereocenters. The van der Waals surface area contributed by atoms with Crippen LogP contribution in [0.5, 0.6) is 0 Å². The molecule has 3 rings (SSSR count). The Morgan fingerprint density at radius 3 is 2.85 bits per heavy atom. The first-order chi connectivity index (χ1) is 10.3. The number of rotatable bonds is 6. The van der Waals surface area contributed by atoms with Crippen LogP contribution < -0.4 is 4.50 Å². The molecule has 108 valence electrons. The minimum atomic E-state index is -1.56. The molecular weight excluding hydrogens is 276 g/mol. The molecule has 1 aliphatic rings. The van der Waals surface area contributed by atoms with E-state index in [1.54, 1.807) is 4.50 Å². The van der Waals surface area contributed by atoms with E-state index in [9.17, 15) is 0 Å². The third-order valence-corrected chi connectivity index (χ3v) is 11.9. The molecule has 0 radical (unpaired) electrons. The standard InChI is InChI=1S/C18H26SSi/c1-2-3-4-7-12-20(13-8-9-14-20)18-15-16-10-5-6-11-17(16)19-18/h5-6,10-11,15H,2-4,7-9,12-14H2,1H3/i13D/t13-,20+/m0/s1. The summed E-state index contributed by atoms with van der Waals surface area (Å²) in [6.45, 7) is 2.28. The zero-order valence-electron chi connectivity index (χ0n) is 13.5. The van der Waals surface area contributed by atoms with Crippen molar-refractivity contribution in [1.82, 2.24) is 0 Å². The van der Waals surface area contributed by atoms with Gasteiger partial charge in [-0.2, -0.15) is 0 Å². The van der Waals surface area contributed by atoms with Gasteiger partial charge < -0.3 is 0 Å². The Labute approximate surface area is 129 Å². The normalized spacial score (nSPS) is 27.1. The molecule has 2 aromatic rings. The molecule has 20 heavy (non-hydrogen) atoms. The van der Waals surface area contributed by atoms with Crippen molar-refractivity contribution in [3.63, 3.8) is 0 Å². The molecule has 0 bridgehead atoms. The van der Waals surface area contributed by atoms with E-state index in [0.717, 1.165) is 6.42 Å². The monoisotopic (exact) mass is 303 g/mol. The highest BCUT2D eigenvalue weighted by atomic mass is 32.1. The van der Waals surface area contributed by atoms with Gasteiger partial charge in [0.25, 0.3) is 0 Å². The summed E-state index contributed by atoms with van der Waals surface area (Å²) in [7, 11) is -1.56. The average molecular weight is 304 g/mol. The van der Waals surface area contributed by atoms with Gasteiger partial charge in [0.2, 0.25) is 0 Å². The summed E-state index contributed by atoms with van der Waals surface area (Å²) in [5.41, 5.74) is 0. The Kier molecular flexibility index (Phi) is 4.22. The van der Waals surface area contributed by atoms with Crippen molar-refractivity contribution in [1.29, 1.82) is 0 Å². The third-order valence-electron chi connectivity index (χ3n) is 4.75. The van der Waals surface area contributed by atoms with Crippen LogP contribution in [0.3, 0.4) is 0 Å². The smallest absolute Gasteiger partial charge is 0.0995 e. The van der Waals surface area contributed by atoms with Gasteiger partial charge in [0, 0.05) is 6.07 Å². The predicted octanol–water partition coefficient (Wildman–Crippen LogP) is 5.93. The van der Waals surface area contributed by atoms with Crippen molar-refractivity contribution in [2.24, 2.45) is 0 Å². The van der Waals surface area contributed by atoms with Crippen molar-refractivity contribution in [2.75, 3.05) is 0 Å². The van der Waals surface area contributed by atoms with Crippen molar-refractivity contribution in [2.45, 2.75) is 63.6 Å². The molecule has 1 saturated heterocycles. The van der Waals surface area contributed by atoms with Crippen LogP contribution in [0.15, 0.2) is 30.3 Å². The molecular formula is C18H26SSi. The number of thiophene rings is 1. The van der Waals surface area contributed by atoms with Crippen molar-refractivity contribution in [3.8, 4) is 0 Å². The first-order valence-electron chi connectivity index (χ1n) is 8.75.